The molecule has 0 heterocycles. The van der Waals surface area contributed by atoms with Crippen molar-refractivity contribution in [3.8, 4) is 17.2 Å². The highest BCUT2D eigenvalue weighted by Crippen LogP contribution is 2.25. The maximum absolute atomic E-state index is 12.6. The number of hydrogen-bond donors (Lipinski definition) is 1. The number of carbonyl (C=O) groups is 1. The van der Waals surface area contributed by atoms with Gasteiger partial charge in [-0.05, 0) is 48.5 Å². The molecule has 3 aromatic rings. The van der Waals surface area contributed by atoms with Crippen molar-refractivity contribution in [2.24, 2.45) is 0 Å². The number of nitrogens with zero attached hydrogens (tertiary/aromatic N) is 1. The smallest absolute Gasteiger partial charge is 0.245 e. The Morgan fingerprint density at radius 1 is 0.969 bits per heavy atom. The van der Waals surface area contributed by atoms with Crippen LogP contribution in [0.25, 0.3) is 0 Å². The first kappa shape index (κ1) is 22.9. The number of carbonyl (C=O) groups excluding carboxylic acids is 1. The third kappa shape index (κ3) is 6.61. The Bertz CT molecular complexity index is 1160. The second-order valence-electron chi connectivity index (χ2n) is 6.85. The Balaban J connectivity index is 1.70. The van der Waals surface area contributed by atoms with Gasteiger partial charge in [0.05, 0.1) is 11.9 Å². The number of amides is 1. The van der Waals surface area contributed by atoms with Crippen LogP contribution in [-0.2, 0) is 14.8 Å². The standard InChI is InChI=1S/C24H24N2O5S/c1-3-16-30-23-11-7-8-19(17-23)25-24(27)18-26(32(2,28)29)20-12-14-22(15-13-20)31-21-9-5-4-6-10-21/h3-15,17H,1,16,18H2,2H3,(H,25,27). The lowest BCUT2D eigenvalue weighted by Gasteiger charge is -2.22. The third-order valence-electron chi connectivity index (χ3n) is 4.28. The van der Waals surface area contributed by atoms with E-state index in [4.69, 9.17) is 9.47 Å². The molecule has 32 heavy (non-hydrogen) atoms. The summed E-state index contributed by atoms with van der Waals surface area (Å²) in [5, 5.41) is 2.70. The van der Waals surface area contributed by atoms with Gasteiger partial charge in [-0.2, -0.15) is 0 Å². The summed E-state index contributed by atoms with van der Waals surface area (Å²) in [6.45, 7) is 3.55. The number of para-hydroxylation sites is 1. The molecule has 3 aromatic carbocycles. The van der Waals surface area contributed by atoms with Crippen molar-refractivity contribution in [3.63, 3.8) is 0 Å². The molecule has 7 nitrogen and oxygen atoms in total. The van der Waals surface area contributed by atoms with E-state index in [1.54, 1.807) is 54.6 Å². The number of sulfonamides is 1. The number of nitrogens with one attached hydrogen (secondary N) is 1. The van der Waals surface area contributed by atoms with Gasteiger partial charge in [0, 0.05) is 11.8 Å². The Hall–Kier alpha value is -3.78. The quantitative estimate of drug-likeness (QED) is 0.460. The molecule has 0 aliphatic heterocycles. The van der Waals surface area contributed by atoms with E-state index in [0.717, 1.165) is 10.6 Å². The molecule has 1 N–H and O–H groups in total. The third-order valence-corrected chi connectivity index (χ3v) is 5.42. The summed E-state index contributed by atoms with van der Waals surface area (Å²) in [7, 11) is -3.70. The number of benzene rings is 3. The number of hydrogen-bond acceptors (Lipinski definition) is 5. The van der Waals surface area contributed by atoms with Gasteiger partial charge < -0.3 is 14.8 Å². The zero-order valence-corrected chi connectivity index (χ0v) is 18.4. The molecule has 1 amide bonds. The first-order valence-corrected chi connectivity index (χ1v) is 11.6. The minimum Gasteiger partial charge on any atom is -0.489 e. The van der Waals surface area contributed by atoms with E-state index in [-0.39, 0.29) is 6.54 Å². The highest BCUT2D eigenvalue weighted by atomic mass is 32.2. The van der Waals surface area contributed by atoms with Gasteiger partial charge >= 0.3 is 0 Å². The predicted molar refractivity (Wildman–Crippen MR) is 126 cm³/mol. The summed E-state index contributed by atoms with van der Waals surface area (Å²) >= 11 is 0. The van der Waals surface area contributed by atoms with Crippen LogP contribution in [-0.4, -0.2) is 33.7 Å². The molecular formula is C24H24N2O5S. The highest BCUT2D eigenvalue weighted by molar-refractivity contribution is 7.92. The van der Waals surface area contributed by atoms with Crippen molar-refractivity contribution >= 4 is 27.3 Å². The average Bonchev–Trinajstić information content (AvgIpc) is 2.77. The van der Waals surface area contributed by atoms with Crippen LogP contribution in [0, 0.1) is 0 Å². The van der Waals surface area contributed by atoms with Crippen LogP contribution in [0.15, 0.2) is 91.5 Å². The molecule has 0 radical (unpaired) electrons. The van der Waals surface area contributed by atoms with Gasteiger partial charge in [-0.3, -0.25) is 9.10 Å². The van der Waals surface area contributed by atoms with Crippen LogP contribution in [0.5, 0.6) is 17.2 Å². The summed E-state index contributed by atoms with van der Waals surface area (Å²) in [4.78, 5) is 12.6. The van der Waals surface area contributed by atoms with Gasteiger partial charge in [0.15, 0.2) is 0 Å². The van der Waals surface area contributed by atoms with Crippen molar-refractivity contribution in [1.82, 2.24) is 0 Å². The highest BCUT2D eigenvalue weighted by Gasteiger charge is 2.21. The van der Waals surface area contributed by atoms with Crippen molar-refractivity contribution in [2.75, 3.05) is 29.0 Å². The molecule has 0 bridgehead atoms. The molecule has 166 valence electrons. The van der Waals surface area contributed by atoms with E-state index < -0.39 is 15.9 Å². The summed E-state index contributed by atoms with van der Waals surface area (Å²) in [6, 6.07) is 22.6. The number of anilines is 2. The van der Waals surface area contributed by atoms with E-state index in [2.05, 4.69) is 11.9 Å². The van der Waals surface area contributed by atoms with Crippen molar-refractivity contribution in [1.29, 1.82) is 0 Å². The molecule has 0 aliphatic carbocycles. The Labute approximate surface area is 188 Å². The number of rotatable bonds is 10. The maximum Gasteiger partial charge on any atom is 0.245 e. The molecule has 3 rings (SSSR count). The summed E-state index contributed by atoms with van der Waals surface area (Å²) in [6.07, 6.45) is 2.67. The van der Waals surface area contributed by atoms with Gasteiger partial charge in [0.2, 0.25) is 15.9 Å². The zero-order valence-electron chi connectivity index (χ0n) is 17.6. The summed E-state index contributed by atoms with van der Waals surface area (Å²) in [5.74, 6) is 1.30. The minimum atomic E-state index is -3.70. The monoisotopic (exact) mass is 452 g/mol. The molecule has 0 unspecified atom stereocenters. The van der Waals surface area contributed by atoms with E-state index in [0.29, 0.717) is 35.2 Å². The fourth-order valence-electron chi connectivity index (χ4n) is 2.85. The topological polar surface area (TPSA) is 84.9 Å². The second-order valence-corrected chi connectivity index (χ2v) is 8.76. The molecular weight excluding hydrogens is 428 g/mol. The molecule has 0 atom stereocenters. The van der Waals surface area contributed by atoms with E-state index in [1.807, 2.05) is 30.3 Å². The molecule has 0 saturated carbocycles. The lowest BCUT2D eigenvalue weighted by molar-refractivity contribution is -0.114. The Morgan fingerprint density at radius 3 is 2.28 bits per heavy atom. The second kappa shape index (κ2) is 10.5. The Kier molecular flexibility index (Phi) is 7.51. The van der Waals surface area contributed by atoms with Crippen LogP contribution in [0.4, 0.5) is 11.4 Å². The first-order chi connectivity index (χ1) is 15.3. The summed E-state index contributed by atoms with van der Waals surface area (Å²) in [5.41, 5.74) is 0.850. The molecule has 0 aliphatic rings. The molecule has 0 saturated heterocycles. The van der Waals surface area contributed by atoms with Crippen LogP contribution in [0.1, 0.15) is 0 Å². The molecule has 8 heteroatoms. The fourth-order valence-corrected chi connectivity index (χ4v) is 3.71. The van der Waals surface area contributed by atoms with Crippen molar-refractivity contribution in [2.45, 2.75) is 0 Å². The molecule has 0 spiro atoms. The lowest BCUT2D eigenvalue weighted by atomic mass is 10.3. The number of ether oxygens (including phenoxy) is 2. The van der Waals surface area contributed by atoms with E-state index in [1.165, 1.54) is 0 Å². The first-order valence-electron chi connectivity index (χ1n) is 9.79. The predicted octanol–water partition coefficient (Wildman–Crippen LogP) is 4.45. The SMILES string of the molecule is C=CCOc1cccc(NC(=O)CN(c2ccc(Oc3ccccc3)cc2)S(C)(=O)=O)c1. The fraction of sp³-hybridized carbons (Fsp3) is 0.125. The summed E-state index contributed by atoms with van der Waals surface area (Å²) < 4.78 is 36.9. The van der Waals surface area contributed by atoms with Gasteiger partial charge in [-0.15, -0.1) is 0 Å². The normalized spacial score (nSPS) is 10.8. The van der Waals surface area contributed by atoms with E-state index >= 15 is 0 Å². The lowest BCUT2D eigenvalue weighted by Crippen LogP contribution is -2.37. The van der Waals surface area contributed by atoms with Crippen LogP contribution in [0.2, 0.25) is 0 Å². The van der Waals surface area contributed by atoms with Gasteiger partial charge in [0.1, 0.15) is 30.4 Å². The van der Waals surface area contributed by atoms with Crippen LogP contribution in [0.3, 0.4) is 0 Å². The Morgan fingerprint density at radius 2 is 1.62 bits per heavy atom. The van der Waals surface area contributed by atoms with Gasteiger partial charge in [0.25, 0.3) is 0 Å². The van der Waals surface area contributed by atoms with E-state index in [9.17, 15) is 13.2 Å². The molecule has 0 fully saturated rings. The van der Waals surface area contributed by atoms with Gasteiger partial charge in [-0.1, -0.05) is 36.9 Å². The van der Waals surface area contributed by atoms with Gasteiger partial charge in [-0.25, -0.2) is 8.42 Å². The maximum atomic E-state index is 12.6. The molecule has 0 aromatic heterocycles. The largest absolute Gasteiger partial charge is 0.489 e. The van der Waals surface area contributed by atoms with Crippen LogP contribution >= 0.6 is 0 Å². The zero-order chi connectivity index (χ0) is 23.0. The van der Waals surface area contributed by atoms with Crippen LogP contribution < -0.4 is 19.1 Å². The van der Waals surface area contributed by atoms with Crippen molar-refractivity contribution < 1.29 is 22.7 Å². The van der Waals surface area contributed by atoms with Crippen molar-refractivity contribution in [3.05, 3.63) is 91.5 Å². The minimum absolute atomic E-state index is 0.337. The average molecular weight is 453 g/mol.